The van der Waals surface area contributed by atoms with E-state index in [1.807, 2.05) is 17.1 Å². The number of hydrogen-bond donors (Lipinski definition) is 2. The van der Waals surface area contributed by atoms with Crippen molar-refractivity contribution < 1.29 is 9.53 Å². The fourth-order valence-electron chi connectivity index (χ4n) is 3.72. The zero-order chi connectivity index (χ0) is 21.1. The first-order valence-electron chi connectivity index (χ1n) is 10.3. The quantitative estimate of drug-likeness (QED) is 0.262. The Morgan fingerprint density at radius 1 is 1.41 bits per heavy atom. The monoisotopic (exact) mass is 417 g/mol. The number of rotatable bonds is 9. The van der Waals surface area contributed by atoms with E-state index in [0.717, 1.165) is 43.5 Å². The van der Waals surface area contributed by atoms with Crippen LogP contribution in [0.4, 0.5) is 0 Å². The van der Waals surface area contributed by atoms with E-state index in [-0.39, 0.29) is 18.0 Å². The van der Waals surface area contributed by atoms with Gasteiger partial charge in [0.2, 0.25) is 0 Å². The minimum absolute atomic E-state index is 0.0294. The van der Waals surface area contributed by atoms with Crippen LogP contribution in [-0.2, 0) is 9.53 Å². The van der Waals surface area contributed by atoms with Gasteiger partial charge in [-0.1, -0.05) is 43.0 Å². The molecule has 0 bridgehead atoms. The van der Waals surface area contributed by atoms with Gasteiger partial charge in [0.15, 0.2) is 0 Å². The third-order valence-corrected chi connectivity index (χ3v) is 5.79. The normalized spacial score (nSPS) is 23.3. The van der Waals surface area contributed by atoms with Gasteiger partial charge in [-0.05, 0) is 30.9 Å². The number of carbonyl (C=O) groups is 1. The van der Waals surface area contributed by atoms with Crippen molar-refractivity contribution >= 4 is 18.5 Å². The summed E-state index contributed by atoms with van der Waals surface area (Å²) in [6.07, 6.45) is 16.4. The van der Waals surface area contributed by atoms with E-state index >= 15 is 0 Å². The van der Waals surface area contributed by atoms with Crippen LogP contribution in [-0.4, -0.2) is 73.4 Å². The molecule has 5 nitrogen and oxygen atoms in total. The van der Waals surface area contributed by atoms with Gasteiger partial charge in [-0.3, -0.25) is 9.69 Å². The van der Waals surface area contributed by atoms with Crippen molar-refractivity contribution in [2.45, 2.75) is 31.3 Å². The van der Waals surface area contributed by atoms with Crippen LogP contribution < -0.4 is 5.73 Å². The molecular weight excluding hydrogens is 382 g/mol. The van der Waals surface area contributed by atoms with Gasteiger partial charge in [0.25, 0.3) is 5.91 Å². The van der Waals surface area contributed by atoms with Gasteiger partial charge in [-0.15, -0.1) is 0 Å². The fraction of sp³-hybridized carbons (Fsp3) is 0.522. The Kier molecular flexibility index (Phi) is 10.5. The maximum atomic E-state index is 13.5. The number of nitrogens with two attached hydrogens (primary N) is 1. The lowest BCUT2D eigenvalue weighted by molar-refractivity contribution is -0.130. The molecule has 0 saturated carbocycles. The van der Waals surface area contributed by atoms with E-state index in [9.17, 15) is 4.79 Å². The van der Waals surface area contributed by atoms with Gasteiger partial charge in [0.05, 0.1) is 0 Å². The van der Waals surface area contributed by atoms with Crippen LogP contribution in [0.25, 0.3) is 0 Å². The first kappa shape index (κ1) is 23.7. The molecule has 0 aromatic heterocycles. The molecular formula is C23H35N3O2S. The van der Waals surface area contributed by atoms with E-state index in [2.05, 4.69) is 48.4 Å². The molecule has 160 valence electrons. The topological polar surface area (TPSA) is 58.8 Å². The molecule has 1 aliphatic heterocycles. The van der Waals surface area contributed by atoms with Crippen molar-refractivity contribution in [1.82, 2.24) is 9.80 Å². The molecule has 1 heterocycles. The highest BCUT2D eigenvalue weighted by molar-refractivity contribution is 7.80. The van der Waals surface area contributed by atoms with Crippen LogP contribution in [0.1, 0.15) is 19.3 Å². The lowest BCUT2D eigenvalue weighted by atomic mass is 10.0. The average molecular weight is 418 g/mol. The summed E-state index contributed by atoms with van der Waals surface area (Å²) >= 11 is 4.32. The van der Waals surface area contributed by atoms with Gasteiger partial charge in [0.1, 0.15) is 0 Å². The maximum absolute atomic E-state index is 13.5. The molecule has 6 heteroatoms. The van der Waals surface area contributed by atoms with Crippen LogP contribution >= 0.6 is 12.6 Å². The number of methoxy groups -OCH3 is 1. The Balaban J connectivity index is 2.20. The van der Waals surface area contributed by atoms with Crippen molar-refractivity contribution in [2.75, 3.05) is 45.6 Å². The summed E-state index contributed by atoms with van der Waals surface area (Å²) in [5, 5.41) is 0. The van der Waals surface area contributed by atoms with Crippen LogP contribution in [0.5, 0.6) is 0 Å². The second kappa shape index (κ2) is 12.9. The summed E-state index contributed by atoms with van der Waals surface area (Å²) in [4.78, 5) is 17.8. The molecule has 1 aliphatic carbocycles. The molecule has 0 aromatic carbocycles. The van der Waals surface area contributed by atoms with Gasteiger partial charge < -0.3 is 15.4 Å². The third-order valence-electron chi connectivity index (χ3n) is 5.32. The zero-order valence-corrected chi connectivity index (χ0v) is 18.4. The third kappa shape index (κ3) is 7.30. The highest BCUT2D eigenvalue weighted by Gasteiger charge is 2.31. The number of allylic oxidation sites excluding steroid dienone is 7. The molecule has 0 spiro atoms. The number of hydrogen-bond acceptors (Lipinski definition) is 5. The van der Waals surface area contributed by atoms with E-state index in [4.69, 9.17) is 10.5 Å². The van der Waals surface area contributed by atoms with Gasteiger partial charge in [0, 0.05) is 63.3 Å². The summed E-state index contributed by atoms with van der Waals surface area (Å²) in [7, 11) is 1.71. The van der Waals surface area contributed by atoms with Crippen LogP contribution in [0, 0.1) is 0 Å². The van der Waals surface area contributed by atoms with Gasteiger partial charge >= 0.3 is 0 Å². The number of piperazine rings is 1. The molecule has 0 radical (unpaired) electrons. The Hall–Kier alpha value is -1.60. The Bertz CT molecular complexity index is 669. The van der Waals surface area contributed by atoms with Crippen molar-refractivity contribution in [3.63, 3.8) is 0 Å². The summed E-state index contributed by atoms with van der Waals surface area (Å²) in [6, 6.07) is 0.263. The van der Waals surface area contributed by atoms with E-state index in [1.165, 1.54) is 0 Å². The number of thiol groups is 1. The van der Waals surface area contributed by atoms with Crippen molar-refractivity contribution in [3.8, 4) is 0 Å². The molecule has 1 saturated heterocycles. The van der Waals surface area contributed by atoms with Crippen LogP contribution in [0.3, 0.4) is 0 Å². The van der Waals surface area contributed by atoms with Crippen molar-refractivity contribution in [1.29, 1.82) is 0 Å². The molecule has 1 fully saturated rings. The van der Waals surface area contributed by atoms with Crippen molar-refractivity contribution in [2.24, 2.45) is 5.73 Å². The maximum Gasteiger partial charge on any atom is 0.254 e. The minimum Gasteiger partial charge on any atom is -0.385 e. The summed E-state index contributed by atoms with van der Waals surface area (Å²) in [5.41, 5.74) is 7.93. The minimum atomic E-state index is 0.0294. The standard InChI is InChI=1S/C23H35N3O2S/c1-3-4-11-22(19-9-7-5-6-8-10-19)23(27)26-14-13-25(16-20(24)18-29)21(17-26)12-15-28-2/h3-5,7-8,10-11,20-21,29H,1,6,9,12-18,24H2,2H3/b11-4-,22-19-/t20?,21-/m0/s1. The molecule has 0 aromatic rings. The first-order valence-corrected chi connectivity index (χ1v) is 11.0. The molecule has 2 atom stereocenters. The second-order valence-electron chi connectivity index (χ2n) is 7.47. The molecule has 1 amide bonds. The number of amides is 1. The number of carbonyl (C=O) groups excluding carboxylic acids is 1. The van der Waals surface area contributed by atoms with Gasteiger partial charge in [-0.25, -0.2) is 0 Å². The Morgan fingerprint density at radius 2 is 2.24 bits per heavy atom. The highest BCUT2D eigenvalue weighted by Crippen LogP contribution is 2.22. The summed E-state index contributed by atoms with van der Waals surface area (Å²) in [6.45, 7) is 7.39. The molecule has 29 heavy (non-hydrogen) atoms. The smallest absolute Gasteiger partial charge is 0.254 e. The SMILES string of the molecule is C=C/C=C\C(C(=O)N1CCN(CC(N)CS)[C@@H](CCOC)C1)=C1\C=CCC=CC1. The largest absolute Gasteiger partial charge is 0.385 e. The molecule has 1 unspecified atom stereocenters. The molecule has 2 N–H and O–H groups in total. The molecule has 2 rings (SSSR count). The van der Waals surface area contributed by atoms with Gasteiger partial charge in [-0.2, -0.15) is 12.6 Å². The summed E-state index contributed by atoms with van der Waals surface area (Å²) in [5.74, 6) is 0.733. The second-order valence-corrected chi connectivity index (χ2v) is 7.84. The zero-order valence-electron chi connectivity index (χ0n) is 17.5. The average Bonchev–Trinajstić information content (AvgIpc) is 3.02. The number of nitrogens with zero attached hydrogens (tertiary/aromatic N) is 2. The Labute approximate surface area is 181 Å². The number of ether oxygens (including phenoxy) is 1. The Morgan fingerprint density at radius 3 is 2.97 bits per heavy atom. The van der Waals surface area contributed by atoms with E-state index in [1.54, 1.807) is 13.2 Å². The molecule has 2 aliphatic rings. The first-order chi connectivity index (χ1) is 14.1. The highest BCUT2D eigenvalue weighted by atomic mass is 32.1. The lowest BCUT2D eigenvalue weighted by Crippen LogP contribution is -2.57. The lowest BCUT2D eigenvalue weighted by Gasteiger charge is -2.42. The van der Waals surface area contributed by atoms with E-state index < -0.39 is 0 Å². The van der Waals surface area contributed by atoms with E-state index in [0.29, 0.717) is 25.4 Å². The fourth-order valence-corrected chi connectivity index (χ4v) is 3.83. The summed E-state index contributed by atoms with van der Waals surface area (Å²) < 4.78 is 5.30. The predicted octanol–water partition coefficient (Wildman–Crippen LogP) is 2.74. The van der Waals surface area contributed by atoms with Crippen molar-refractivity contribution in [3.05, 3.63) is 60.3 Å². The van der Waals surface area contributed by atoms with Crippen LogP contribution in [0.15, 0.2) is 60.3 Å². The predicted molar refractivity (Wildman–Crippen MR) is 124 cm³/mol. The van der Waals surface area contributed by atoms with Crippen LogP contribution in [0.2, 0.25) is 0 Å².